The van der Waals surface area contributed by atoms with Gasteiger partial charge in [0.25, 0.3) is 0 Å². The second-order valence-electron chi connectivity index (χ2n) is 14.1. The van der Waals surface area contributed by atoms with Gasteiger partial charge >= 0.3 is 0 Å². The molecule has 0 saturated heterocycles. The SMILES string of the molecule is c1ccc(-c2cc(-c3cc(-c4ccccc4-c4cccc5oc6ccccc6c45)nc(-c4ccccc4)n3)cc(-c3cccc4c3oc3ccccc34)c2)cc1. The van der Waals surface area contributed by atoms with Crippen molar-refractivity contribution in [2.24, 2.45) is 0 Å². The normalized spacial score (nSPS) is 11.6. The first-order valence-electron chi connectivity index (χ1n) is 18.8. The summed E-state index contributed by atoms with van der Waals surface area (Å²) >= 11 is 0. The first-order chi connectivity index (χ1) is 27.7. The van der Waals surface area contributed by atoms with Crippen LogP contribution in [0.3, 0.4) is 0 Å². The third kappa shape index (κ3) is 5.39. The fraction of sp³-hybridized carbons (Fsp3) is 0. The molecule has 8 aromatic carbocycles. The molecule has 0 radical (unpaired) electrons. The molecule has 0 spiro atoms. The monoisotopic (exact) mass is 716 g/mol. The Labute approximate surface area is 323 Å². The van der Waals surface area contributed by atoms with E-state index in [1.54, 1.807) is 0 Å². The molecule has 0 aliphatic rings. The second kappa shape index (κ2) is 13.1. The molecular weight excluding hydrogens is 685 g/mol. The van der Waals surface area contributed by atoms with Crippen LogP contribution >= 0.6 is 0 Å². The van der Waals surface area contributed by atoms with Crippen LogP contribution < -0.4 is 0 Å². The minimum Gasteiger partial charge on any atom is -0.456 e. The van der Waals surface area contributed by atoms with Gasteiger partial charge in [0.05, 0.1) is 11.4 Å². The predicted octanol–water partition coefficient (Wildman–Crippen LogP) is 14.3. The van der Waals surface area contributed by atoms with Crippen LogP contribution in [0.4, 0.5) is 0 Å². The Hall–Kier alpha value is -7.56. The Balaban J connectivity index is 1.16. The number of aromatic nitrogens is 2. The highest BCUT2D eigenvalue weighted by Crippen LogP contribution is 2.43. The molecule has 0 aliphatic carbocycles. The molecule has 3 aromatic heterocycles. The average molecular weight is 717 g/mol. The second-order valence-corrected chi connectivity index (χ2v) is 14.1. The van der Waals surface area contributed by atoms with E-state index in [9.17, 15) is 0 Å². The van der Waals surface area contributed by atoms with E-state index in [4.69, 9.17) is 18.8 Å². The molecular formula is C52H32N2O2. The summed E-state index contributed by atoms with van der Waals surface area (Å²) in [5.41, 5.74) is 14.5. The van der Waals surface area contributed by atoms with Gasteiger partial charge in [-0.05, 0) is 70.3 Å². The highest BCUT2D eigenvalue weighted by molar-refractivity contribution is 6.14. The maximum atomic E-state index is 6.56. The minimum atomic E-state index is 0.658. The number of nitrogens with zero attached hydrogens (tertiary/aromatic N) is 2. The van der Waals surface area contributed by atoms with Crippen molar-refractivity contribution in [3.05, 3.63) is 194 Å². The molecule has 56 heavy (non-hydrogen) atoms. The van der Waals surface area contributed by atoms with Gasteiger partial charge in [0.15, 0.2) is 5.82 Å². The Bertz CT molecular complexity index is 3250. The molecule has 262 valence electrons. The van der Waals surface area contributed by atoms with Gasteiger partial charge in [0, 0.05) is 43.8 Å². The molecule has 0 atom stereocenters. The molecule has 0 N–H and O–H groups in total. The van der Waals surface area contributed by atoms with Crippen molar-refractivity contribution in [3.63, 3.8) is 0 Å². The van der Waals surface area contributed by atoms with E-state index in [2.05, 4.69) is 146 Å². The van der Waals surface area contributed by atoms with Gasteiger partial charge in [-0.1, -0.05) is 152 Å². The summed E-state index contributed by atoms with van der Waals surface area (Å²) in [4.78, 5) is 10.6. The van der Waals surface area contributed by atoms with Crippen molar-refractivity contribution < 1.29 is 8.83 Å². The molecule has 11 aromatic rings. The number of benzene rings is 8. The smallest absolute Gasteiger partial charge is 0.160 e. The van der Waals surface area contributed by atoms with E-state index in [1.165, 1.54) is 0 Å². The molecule has 4 heteroatoms. The quantitative estimate of drug-likeness (QED) is 0.172. The number of hydrogen-bond acceptors (Lipinski definition) is 4. The summed E-state index contributed by atoms with van der Waals surface area (Å²) in [5.74, 6) is 0.658. The van der Waals surface area contributed by atoms with Gasteiger partial charge in [0.1, 0.15) is 22.3 Å². The molecule has 4 nitrogen and oxygen atoms in total. The van der Waals surface area contributed by atoms with Gasteiger partial charge in [-0.2, -0.15) is 0 Å². The summed E-state index contributed by atoms with van der Waals surface area (Å²) in [6.45, 7) is 0. The third-order valence-corrected chi connectivity index (χ3v) is 10.7. The lowest BCUT2D eigenvalue weighted by Crippen LogP contribution is -1.97. The van der Waals surface area contributed by atoms with Gasteiger partial charge in [0.2, 0.25) is 0 Å². The summed E-state index contributed by atoms with van der Waals surface area (Å²) < 4.78 is 12.9. The van der Waals surface area contributed by atoms with Crippen molar-refractivity contribution in [3.8, 4) is 67.3 Å². The maximum absolute atomic E-state index is 6.56. The van der Waals surface area contributed by atoms with Gasteiger partial charge < -0.3 is 8.83 Å². The summed E-state index contributed by atoms with van der Waals surface area (Å²) in [7, 11) is 0. The molecule has 0 unspecified atom stereocenters. The molecule has 0 amide bonds. The number of fused-ring (bicyclic) bond motifs is 6. The standard InChI is InChI=1S/C52H32N2O2/c1-3-15-33(16-4-1)35-29-36(38-23-13-25-43-41-21-9-11-26-47(41)56-51(38)43)31-37(30-35)45-32-46(54-52(53-45)34-17-5-2-6-18-34)40-20-8-7-19-39(40)42-24-14-28-49-50(42)44-22-10-12-27-48(44)55-49/h1-32H. The van der Waals surface area contributed by atoms with E-state index in [1.807, 2.05) is 48.5 Å². The van der Waals surface area contributed by atoms with Crippen LogP contribution in [0.25, 0.3) is 111 Å². The van der Waals surface area contributed by atoms with Crippen LogP contribution in [0.2, 0.25) is 0 Å². The average Bonchev–Trinajstić information content (AvgIpc) is 3.86. The fourth-order valence-electron chi connectivity index (χ4n) is 8.09. The lowest BCUT2D eigenvalue weighted by atomic mass is 9.92. The molecule has 0 fully saturated rings. The van der Waals surface area contributed by atoms with Crippen molar-refractivity contribution in [2.45, 2.75) is 0 Å². The van der Waals surface area contributed by atoms with Crippen molar-refractivity contribution in [1.29, 1.82) is 0 Å². The fourth-order valence-corrected chi connectivity index (χ4v) is 8.09. The van der Waals surface area contributed by atoms with E-state index in [0.717, 1.165) is 105 Å². The van der Waals surface area contributed by atoms with Gasteiger partial charge in [-0.15, -0.1) is 0 Å². The largest absolute Gasteiger partial charge is 0.456 e. The molecule has 0 saturated carbocycles. The number of hydrogen-bond donors (Lipinski definition) is 0. The first-order valence-corrected chi connectivity index (χ1v) is 18.8. The zero-order valence-corrected chi connectivity index (χ0v) is 30.2. The first kappa shape index (κ1) is 31.9. The van der Waals surface area contributed by atoms with Crippen LogP contribution in [0, 0.1) is 0 Å². The van der Waals surface area contributed by atoms with Gasteiger partial charge in [-0.25, -0.2) is 9.97 Å². The highest BCUT2D eigenvalue weighted by Gasteiger charge is 2.20. The van der Waals surface area contributed by atoms with Crippen LogP contribution in [-0.4, -0.2) is 9.97 Å². The van der Waals surface area contributed by atoms with Crippen molar-refractivity contribution >= 4 is 43.9 Å². The third-order valence-electron chi connectivity index (χ3n) is 10.7. The lowest BCUT2D eigenvalue weighted by molar-refractivity contribution is 0.669. The van der Waals surface area contributed by atoms with Crippen LogP contribution in [0.15, 0.2) is 203 Å². The number of rotatable bonds is 6. The van der Waals surface area contributed by atoms with E-state index in [-0.39, 0.29) is 0 Å². The van der Waals surface area contributed by atoms with E-state index >= 15 is 0 Å². The summed E-state index contributed by atoms with van der Waals surface area (Å²) in [6, 6.07) is 67.3. The summed E-state index contributed by atoms with van der Waals surface area (Å²) in [6.07, 6.45) is 0. The molecule has 0 bridgehead atoms. The van der Waals surface area contributed by atoms with Crippen molar-refractivity contribution in [2.75, 3.05) is 0 Å². The predicted molar refractivity (Wildman–Crippen MR) is 229 cm³/mol. The minimum absolute atomic E-state index is 0.658. The topological polar surface area (TPSA) is 52.1 Å². The van der Waals surface area contributed by atoms with E-state index in [0.29, 0.717) is 5.82 Å². The Morgan fingerprint density at radius 1 is 0.304 bits per heavy atom. The number of furan rings is 2. The van der Waals surface area contributed by atoms with Crippen molar-refractivity contribution in [1.82, 2.24) is 9.97 Å². The number of para-hydroxylation sites is 3. The highest BCUT2D eigenvalue weighted by atomic mass is 16.3. The zero-order valence-electron chi connectivity index (χ0n) is 30.2. The zero-order chi connectivity index (χ0) is 37.0. The summed E-state index contributed by atoms with van der Waals surface area (Å²) in [5, 5.41) is 4.38. The van der Waals surface area contributed by atoms with Crippen LogP contribution in [-0.2, 0) is 0 Å². The molecule has 3 heterocycles. The Morgan fingerprint density at radius 2 is 0.857 bits per heavy atom. The Kier molecular flexibility index (Phi) is 7.46. The molecule has 11 rings (SSSR count). The van der Waals surface area contributed by atoms with E-state index < -0.39 is 0 Å². The van der Waals surface area contributed by atoms with Crippen LogP contribution in [0.1, 0.15) is 0 Å². The van der Waals surface area contributed by atoms with Crippen LogP contribution in [0.5, 0.6) is 0 Å². The molecule has 0 aliphatic heterocycles. The van der Waals surface area contributed by atoms with Gasteiger partial charge in [-0.3, -0.25) is 0 Å². The maximum Gasteiger partial charge on any atom is 0.160 e. The lowest BCUT2D eigenvalue weighted by Gasteiger charge is -2.15. The Morgan fingerprint density at radius 3 is 1.68 bits per heavy atom.